The Hall–Kier alpha value is -3.22. The first-order valence-corrected chi connectivity index (χ1v) is 8.23. The minimum absolute atomic E-state index is 0.206. The van der Waals surface area contributed by atoms with Gasteiger partial charge in [0.05, 0.1) is 5.69 Å². The minimum atomic E-state index is -0.401. The van der Waals surface area contributed by atoms with E-state index in [1.165, 1.54) is 11.6 Å². The van der Waals surface area contributed by atoms with Crippen LogP contribution in [-0.2, 0) is 11.3 Å². The summed E-state index contributed by atoms with van der Waals surface area (Å²) >= 11 is 0. The summed E-state index contributed by atoms with van der Waals surface area (Å²) in [5, 5.41) is 10.6. The predicted molar refractivity (Wildman–Crippen MR) is 98.0 cm³/mol. The van der Waals surface area contributed by atoms with E-state index in [1.807, 2.05) is 19.9 Å². The van der Waals surface area contributed by atoms with Crippen molar-refractivity contribution in [3.63, 3.8) is 0 Å². The van der Waals surface area contributed by atoms with Gasteiger partial charge in [0, 0.05) is 17.7 Å². The van der Waals surface area contributed by atoms with Crippen LogP contribution in [0.15, 0.2) is 39.6 Å². The summed E-state index contributed by atoms with van der Waals surface area (Å²) < 4.78 is 6.05. The zero-order valence-corrected chi connectivity index (χ0v) is 15.2. The third kappa shape index (κ3) is 3.72. The van der Waals surface area contributed by atoms with Crippen LogP contribution in [0.4, 0.5) is 5.82 Å². The molecule has 2 aromatic heterocycles. The van der Waals surface area contributed by atoms with Crippen LogP contribution in [0, 0.1) is 27.7 Å². The Morgan fingerprint density at radius 3 is 2.50 bits per heavy atom. The molecule has 0 aliphatic carbocycles. The van der Waals surface area contributed by atoms with E-state index in [4.69, 9.17) is 4.52 Å². The van der Waals surface area contributed by atoms with E-state index < -0.39 is 5.91 Å². The van der Waals surface area contributed by atoms with Crippen molar-refractivity contribution in [1.82, 2.24) is 14.9 Å². The van der Waals surface area contributed by atoms with Crippen molar-refractivity contribution in [2.24, 2.45) is 0 Å². The molecule has 7 nitrogen and oxygen atoms in total. The van der Waals surface area contributed by atoms with Crippen molar-refractivity contribution in [1.29, 1.82) is 0 Å². The number of amides is 1. The molecule has 1 aromatic carbocycles. The number of nitrogens with one attached hydrogen (secondary N) is 1. The molecule has 0 fully saturated rings. The van der Waals surface area contributed by atoms with Gasteiger partial charge in [0.2, 0.25) is 5.91 Å². The van der Waals surface area contributed by atoms with Crippen molar-refractivity contribution < 1.29 is 9.32 Å². The Morgan fingerprint density at radius 2 is 1.81 bits per heavy atom. The van der Waals surface area contributed by atoms with E-state index in [0.717, 1.165) is 21.4 Å². The third-order valence-electron chi connectivity index (χ3n) is 4.17. The molecular formula is C19H20N4O3. The van der Waals surface area contributed by atoms with Gasteiger partial charge in [0.15, 0.2) is 5.82 Å². The molecule has 134 valence electrons. The smallest absolute Gasteiger partial charge is 0.267 e. The maximum Gasteiger partial charge on any atom is 0.267 e. The quantitative estimate of drug-likeness (QED) is 0.780. The van der Waals surface area contributed by atoms with Gasteiger partial charge in [-0.25, -0.2) is 4.68 Å². The predicted octanol–water partition coefficient (Wildman–Crippen LogP) is 2.77. The second-order valence-electron chi connectivity index (χ2n) is 6.34. The van der Waals surface area contributed by atoms with Crippen LogP contribution in [0.2, 0.25) is 0 Å². The van der Waals surface area contributed by atoms with Gasteiger partial charge in [0.1, 0.15) is 12.3 Å². The first-order valence-electron chi connectivity index (χ1n) is 8.23. The van der Waals surface area contributed by atoms with Crippen LogP contribution in [0.3, 0.4) is 0 Å². The Morgan fingerprint density at radius 1 is 1.08 bits per heavy atom. The number of carbonyl (C=O) groups is 1. The largest absolute Gasteiger partial charge is 0.360 e. The molecular weight excluding hydrogens is 332 g/mol. The number of carbonyl (C=O) groups excluding carboxylic acids is 1. The molecule has 0 spiro atoms. The van der Waals surface area contributed by atoms with Crippen molar-refractivity contribution >= 4 is 11.7 Å². The number of benzene rings is 1. The van der Waals surface area contributed by atoms with Crippen LogP contribution in [0.5, 0.6) is 0 Å². The van der Waals surface area contributed by atoms with Crippen molar-refractivity contribution in [3.05, 3.63) is 63.1 Å². The van der Waals surface area contributed by atoms with E-state index in [1.54, 1.807) is 19.1 Å². The SMILES string of the molecule is Cc1cc(NC(=O)Cn2nc(-c3cc(C)c(C)cc3C)ccc2=O)no1. The number of rotatable bonds is 4. The molecule has 0 unspecified atom stereocenters. The summed E-state index contributed by atoms with van der Waals surface area (Å²) in [6.45, 7) is 7.60. The Balaban J connectivity index is 1.87. The van der Waals surface area contributed by atoms with E-state index in [-0.39, 0.29) is 12.1 Å². The molecule has 3 aromatic rings. The maximum atomic E-state index is 12.2. The fourth-order valence-electron chi connectivity index (χ4n) is 2.69. The molecule has 0 aliphatic heterocycles. The van der Waals surface area contributed by atoms with E-state index in [9.17, 15) is 9.59 Å². The average molecular weight is 352 g/mol. The molecule has 1 amide bonds. The number of anilines is 1. The molecule has 0 bridgehead atoms. The zero-order valence-electron chi connectivity index (χ0n) is 15.2. The zero-order chi connectivity index (χ0) is 18.8. The molecule has 26 heavy (non-hydrogen) atoms. The lowest BCUT2D eigenvalue weighted by molar-refractivity contribution is -0.117. The molecule has 0 aliphatic rings. The normalized spacial score (nSPS) is 10.8. The van der Waals surface area contributed by atoms with Crippen LogP contribution in [0.25, 0.3) is 11.3 Å². The van der Waals surface area contributed by atoms with E-state index in [0.29, 0.717) is 17.3 Å². The first kappa shape index (κ1) is 17.6. The lowest BCUT2D eigenvalue weighted by atomic mass is 9.99. The van der Waals surface area contributed by atoms with Crippen molar-refractivity contribution in [2.75, 3.05) is 5.32 Å². The number of aromatic nitrogens is 3. The van der Waals surface area contributed by atoms with E-state index >= 15 is 0 Å². The molecule has 2 heterocycles. The molecule has 7 heteroatoms. The Labute approximate surface area is 150 Å². The summed E-state index contributed by atoms with van der Waals surface area (Å²) in [5.74, 6) is 0.492. The topological polar surface area (TPSA) is 90.0 Å². The fraction of sp³-hybridized carbons (Fsp3) is 0.263. The van der Waals surface area contributed by atoms with E-state index in [2.05, 4.69) is 28.6 Å². The summed E-state index contributed by atoms with van der Waals surface area (Å²) in [6.07, 6.45) is 0. The van der Waals surface area contributed by atoms with Gasteiger partial charge < -0.3 is 9.84 Å². The molecule has 1 N–H and O–H groups in total. The van der Waals surface area contributed by atoms with Gasteiger partial charge in [-0.05, 0) is 56.5 Å². The van der Waals surface area contributed by atoms with Crippen LogP contribution >= 0.6 is 0 Å². The molecule has 3 rings (SSSR count). The Kier molecular flexibility index (Phi) is 4.71. The summed E-state index contributed by atoms with van der Waals surface area (Å²) in [6, 6.07) is 8.82. The lowest BCUT2D eigenvalue weighted by Crippen LogP contribution is -2.29. The molecule has 0 saturated carbocycles. The molecule has 0 atom stereocenters. The second-order valence-corrected chi connectivity index (χ2v) is 6.34. The summed E-state index contributed by atoms with van der Waals surface area (Å²) in [4.78, 5) is 24.3. The van der Waals surface area contributed by atoms with Gasteiger partial charge in [-0.15, -0.1) is 0 Å². The van der Waals surface area contributed by atoms with Crippen molar-refractivity contribution in [2.45, 2.75) is 34.2 Å². The van der Waals surface area contributed by atoms with Crippen LogP contribution < -0.4 is 10.9 Å². The van der Waals surface area contributed by atoms with Crippen LogP contribution in [0.1, 0.15) is 22.5 Å². The first-order chi connectivity index (χ1) is 12.3. The highest BCUT2D eigenvalue weighted by Gasteiger charge is 2.12. The number of aryl methyl sites for hydroxylation is 4. The molecule has 0 radical (unpaired) electrons. The number of hydrogen-bond donors (Lipinski definition) is 1. The minimum Gasteiger partial charge on any atom is -0.360 e. The van der Waals surface area contributed by atoms with Gasteiger partial charge in [-0.3, -0.25) is 9.59 Å². The third-order valence-corrected chi connectivity index (χ3v) is 4.17. The van der Waals surface area contributed by atoms with Gasteiger partial charge >= 0.3 is 0 Å². The fourth-order valence-corrected chi connectivity index (χ4v) is 2.69. The highest BCUT2D eigenvalue weighted by atomic mass is 16.5. The van der Waals surface area contributed by atoms with Crippen LogP contribution in [-0.4, -0.2) is 20.8 Å². The Bertz CT molecular complexity index is 1030. The maximum absolute atomic E-state index is 12.2. The highest BCUT2D eigenvalue weighted by molar-refractivity contribution is 5.89. The number of hydrogen-bond acceptors (Lipinski definition) is 5. The second kappa shape index (κ2) is 6.95. The summed E-state index contributed by atoms with van der Waals surface area (Å²) in [5.41, 5.74) is 4.64. The monoisotopic (exact) mass is 352 g/mol. The standard InChI is InChI=1S/C19H20N4O3/c1-11-7-13(3)15(8-12(11)2)16-5-6-19(25)23(21-16)10-18(24)20-17-9-14(4)26-22-17/h5-9H,10H2,1-4H3,(H,20,22,24). The van der Waals surface area contributed by atoms with Gasteiger partial charge in [-0.2, -0.15) is 5.10 Å². The lowest BCUT2D eigenvalue weighted by Gasteiger charge is -2.11. The number of nitrogens with zero attached hydrogens (tertiary/aromatic N) is 3. The average Bonchev–Trinajstić information content (AvgIpc) is 2.98. The van der Waals surface area contributed by atoms with Gasteiger partial charge in [0.25, 0.3) is 5.56 Å². The molecule has 0 saturated heterocycles. The van der Waals surface area contributed by atoms with Gasteiger partial charge in [-0.1, -0.05) is 11.2 Å². The highest BCUT2D eigenvalue weighted by Crippen LogP contribution is 2.24. The van der Waals surface area contributed by atoms with Crippen molar-refractivity contribution in [3.8, 4) is 11.3 Å². The summed E-state index contributed by atoms with van der Waals surface area (Å²) in [7, 11) is 0.